The van der Waals surface area contributed by atoms with Gasteiger partial charge in [-0.3, -0.25) is 4.79 Å². The number of rotatable bonds is 7. The maximum Gasteiger partial charge on any atom is 0.222 e. The van der Waals surface area contributed by atoms with Crippen molar-refractivity contribution in [2.24, 2.45) is 5.73 Å². The number of methoxy groups -OCH3 is 1. The monoisotopic (exact) mass is 318 g/mol. The molecule has 0 heterocycles. The molecule has 20 heavy (non-hydrogen) atoms. The Morgan fingerprint density at radius 1 is 1.40 bits per heavy atom. The fourth-order valence-corrected chi connectivity index (χ4v) is 2.66. The molecule has 1 aromatic rings. The molecule has 3 N–H and O–H groups in total. The van der Waals surface area contributed by atoms with Crippen molar-refractivity contribution in [2.75, 3.05) is 20.2 Å². The van der Waals surface area contributed by atoms with E-state index in [-0.39, 0.29) is 24.3 Å². The molecular formula is C14H20Cl2N2O2. The summed E-state index contributed by atoms with van der Waals surface area (Å²) in [5, 5.41) is 4.06. The minimum Gasteiger partial charge on any atom is -0.380 e. The summed E-state index contributed by atoms with van der Waals surface area (Å²) in [5.74, 6) is -0.0728. The van der Waals surface area contributed by atoms with Gasteiger partial charge in [-0.15, -0.1) is 0 Å². The zero-order valence-corrected chi connectivity index (χ0v) is 13.2. The lowest BCUT2D eigenvalue weighted by Gasteiger charge is -2.17. The molecule has 0 radical (unpaired) electrons. The number of hydrogen-bond donors (Lipinski definition) is 2. The first-order chi connectivity index (χ1) is 9.49. The molecule has 2 unspecified atom stereocenters. The normalized spacial score (nSPS) is 13.8. The zero-order valence-electron chi connectivity index (χ0n) is 11.7. The van der Waals surface area contributed by atoms with E-state index in [0.717, 1.165) is 5.56 Å². The van der Waals surface area contributed by atoms with Crippen LogP contribution in [-0.2, 0) is 9.53 Å². The first-order valence-electron chi connectivity index (χ1n) is 6.43. The highest BCUT2D eigenvalue weighted by Crippen LogP contribution is 2.30. The Morgan fingerprint density at radius 3 is 2.50 bits per heavy atom. The molecule has 6 heteroatoms. The molecular weight excluding hydrogens is 299 g/mol. The second-order valence-electron chi connectivity index (χ2n) is 4.64. The van der Waals surface area contributed by atoms with Crippen LogP contribution < -0.4 is 11.1 Å². The summed E-state index contributed by atoms with van der Waals surface area (Å²) in [4.78, 5) is 11.8. The van der Waals surface area contributed by atoms with Gasteiger partial charge >= 0.3 is 0 Å². The molecule has 2 atom stereocenters. The summed E-state index contributed by atoms with van der Waals surface area (Å²) >= 11 is 12.3. The van der Waals surface area contributed by atoms with Crippen LogP contribution in [0.2, 0.25) is 10.0 Å². The van der Waals surface area contributed by atoms with Gasteiger partial charge in [0.05, 0.1) is 12.5 Å². The molecule has 1 amide bonds. The highest BCUT2D eigenvalue weighted by Gasteiger charge is 2.16. The number of hydrogen-bond acceptors (Lipinski definition) is 3. The van der Waals surface area contributed by atoms with Gasteiger partial charge in [0.15, 0.2) is 0 Å². The molecule has 0 aliphatic carbocycles. The predicted octanol–water partition coefficient (Wildman–Crippen LogP) is 2.58. The smallest absolute Gasteiger partial charge is 0.222 e. The van der Waals surface area contributed by atoms with Gasteiger partial charge in [-0.05, 0) is 17.7 Å². The third-order valence-corrected chi connectivity index (χ3v) is 3.77. The van der Waals surface area contributed by atoms with Crippen LogP contribution in [0.5, 0.6) is 0 Å². The summed E-state index contributed by atoms with van der Waals surface area (Å²) < 4.78 is 5.07. The van der Waals surface area contributed by atoms with Gasteiger partial charge in [-0.2, -0.15) is 0 Å². The maximum atomic E-state index is 11.8. The highest BCUT2D eigenvalue weighted by molar-refractivity contribution is 6.36. The molecule has 0 saturated carbocycles. The Morgan fingerprint density at radius 2 is 2.00 bits per heavy atom. The Labute approximate surface area is 129 Å². The minimum absolute atomic E-state index is 0.0269. The number of nitrogens with one attached hydrogen (secondary N) is 1. The van der Waals surface area contributed by atoms with Gasteiger partial charge in [0.2, 0.25) is 5.91 Å². The SMILES string of the molecule is COC(CN)CC(=O)NCC(C)c1c(Cl)cccc1Cl. The van der Waals surface area contributed by atoms with Crippen LogP contribution in [-0.4, -0.2) is 32.2 Å². The van der Waals surface area contributed by atoms with Crippen molar-refractivity contribution >= 4 is 29.1 Å². The standard InChI is InChI=1S/C14H20Cl2N2O2/c1-9(14-11(15)4-3-5-12(14)16)8-18-13(19)6-10(7-17)20-2/h3-5,9-10H,6-8,17H2,1-2H3,(H,18,19). The number of benzene rings is 1. The predicted molar refractivity (Wildman–Crippen MR) is 82.4 cm³/mol. The fourth-order valence-electron chi connectivity index (χ4n) is 1.89. The minimum atomic E-state index is -0.255. The summed E-state index contributed by atoms with van der Waals surface area (Å²) in [6, 6.07) is 5.37. The Bertz CT molecular complexity index is 431. The van der Waals surface area contributed by atoms with Crippen molar-refractivity contribution in [2.45, 2.75) is 25.4 Å². The van der Waals surface area contributed by atoms with Crippen molar-refractivity contribution < 1.29 is 9.53 Å². The van der Waals surface area contributed by atoms with E-state index < -0.39 is 0 Å². The van der Waals surface area contributed by atoms with E-state index in [1.54, 1.807) is 18.2 Å². The topological polar surface area (TPSA) is 64.3 Å². The average Bonchev–Trinajstić information content (AvgIpc) is 2.42. The second kappa shape index (κ2) is 8.47. The van der Waals surface area contributed by atoms with Gasteiger partial charge in [0.1, 0.15) is 0 Å². The largest absolute Gasteiger partial charge is 0.380 e. The van der Waals surface area contributed by atoms with E-state index in [1.807, 2.05) is 6.92 Å². The lowest BCUT2D eigenvalue weighted by atomic mass is 10.0. The van der Waals surface area contributed by atoms with Crippen LogP contribution in [0, 0.1) is 0 Å². The quantitative estimate of drug-likeness (QED) is 0.812. The number of carbonyl (C=O) groups excluding carboxylic acids is 1. The number of halogens is 2. The Balaban J connectivity index is 2.55. The Hall–Kier alpha value is -0.810. The number of carbonyl (C=O) groups is 1. The van der Waals surface area contributed by atoms with E-state index in [1.165, 1.54) is 7.11 Å². The summed E-state index contributed by atoms with van der Waals surface area (Å²) in [6.45, 7) is 2.74. The van der Waals surface area contributed by atoms with Crippen LogP contribution in [0.25, 0.3) is 0 Å². The molecule has 112 valence electrons. The van der Waals surface area contributed by atoms with Gasteiger partial charge in [0.25, 0.3) is 0 Å². The van der Waals surface area contributed by atoms with E-state index >= 15 is 0 Å². The number of ether oxygens (including phenoxy) is 1. The van der Waals surface area contributed by atoms with E-state index in [9.17, 15) is 4.79 Å². The average molecular weight is 319 g/mol. The molecule has 0 aliphatic heterocycles. The molecule has 0 bridgehead atoms. The molecule has 0 saturated heterocycles. The van der Waals surface area contributed by atoms with Crippen LogP contribution >= 0.6 is 23.2 Å². The summed E-state index contributed by atoms with van der Waals surface area (Å²) in [7, 11) is 1.54. The van der Waals surface area contributed by atoms with Gasteiger partial charge in [-0.1, -0.05) is 36.2 Å². The van der Waals surface area contributed by atoms with Crippen molar-refractivity contribution in [3.8, 4) is 0 Å². The second-order valence-corrected chi connectivity index (χ2v) is 5.45. The molecule has 4 nitrogen and oxygen atoms in total. The maximum absolute atomic E-state index is 11.8. The number of amides is 1. The molecule has 1 aromatic carbocycles. The van der Waals surface area contributed by atoms with E-state index in [4.69, 9.17) is 33.7 Å². The van der Waals surface area contributed by atoms with Gasteiger partial charge in [-0.25, -0.2) is 0 Å². The zero-order chi connectivity index (χ0) is 15.1. The van der Waals surface area contributed by atoms with Crippen LogP contribution in [0.4, 0.5) is 0 Å². The van der Waals surface area contributed by atoms with E-state index in [2.05, 4.69) is 5.32 Å². The molecule has 0 fully saturated rings. The third-order valence-electron chi connectivity index (χ3n) is 3.11. The van der Waals surface area contributed by atoms with Crippen molar-refractivity contribution in [3.05, 3.63) is 33.8 Å². The lowest BCUT2D eigenvalue weighted by Crippen LogP contribution is -2.34. The third kappa shape index (κ3) is 4.94. The Kier molecular flexibility index (Phi) is 7.30. The van der Waals surface area contributed by atoms with E-state index in [0.29, 0.717) is 23.1 Å². The highest BCUT2D eigenvalue weighted by atomic mass is 35.5. The number of nitrogens with two attached hydrogens (primary N) is 1. The summed E-state index contributed by atoms with van der Waals surface area (Å²) in [5.41, 5.74) is 6.32. The van der Waals surface area contributed by atoms with Gasteiger partial charge < -0.3 is 15.8 Å². The lowest BCUT2D eigenvalue weighted by molar-refractivity contribution is -0.123. The summed E-state index contributed by atoms with van der Waals surface area (Å²) in [6.07, 6.45) is -0.00936. The van der Waals surface area contributed by atoms with Crippen LogP contribution in [0.3, 0.4) is 0 Å². The van der Waals surface area contributed by atoms with Crippen molar-refractivity contribution in [1.82, 2.24) is 5.32 Å². The molecule has 0 aliphatic rings. The fraction of sp³-hybridized carbons (Fsp3) is 0.500. The molecule has 1 rings (SSSR count). The van der Waals surface area contributed by atoms with Crippen LogP contribution in [0.15, 0.2) is 18.2 Å². The molecule has 0 spiro atoms. The molecule has 0 aromatic heterocycles. The van der Waals surface area contributed by atoms with Gasteiger partial charge in [0, 0.05) is 36.2 Å². The van der Waals surface area contributed by atoms with Crippen molar-refractivity contribution in [3.63, 3.8) is 0 Å². The van der Waals surface area contributed by atoms with Crippen LogP contribution in [0.1, 0.15) is 24.8 Å². The first-order valence-corrected chi connectivity index (χ1v) is 7.18. The first kappa shape index (κ1) is 17.2. The van der Waals surface area contributed by atoms with Crippen molar-refractivity contribution in [1.29, 1.82) is 0 Å².